The van der Waals surface area contributed by atoms with Crippen LogP contribution in [0, 0.1) is 45.3 Å². The van der Waals surface area contributed by atoms with Gasteiger partial charge < -0.3 is 0 Å². The third-order valence-corrected chi connectivity index (χ3v) is 46.4. The second-order valence-corrected chi connectivity index (χ2v) is 41.9. The van der Waals surface area contributed by atoms with Gasteiger partial charge in [0.15, 0.2) is 0 Å². The quantitative estimate of drug-likeness (QED) is 0.237. The molecule has 4 aromatic carbocycles. The van der Waals surface area contributed by atoms with Gasteiger partial charge in [0.1, 0.15) is 0 Å². The Bertz CT molecular complexity index is 1550. The zero-order chi connectivity index (χ0) is 29.4. The van der Waals surface area contributed by atoms with E-state index < -0.39 is 22.0 Å². The van der Waals surface area contributed by atoms with Crippen LogP contribution in [0.25, 0.3) is 0 Å². The van der Waals surface area contributed by atoms with Gasteiger partial charge in [-0.1, -0.05) is 0 Å². The van der Waals surface area contributed by atoms with Gasteiger partial charge in [-0.05, 0) is 0 Å². The van der Waals surface area contributed by atoms with Crippen LogP contribution >= 0.6 is 40.3 Å². The van der Waals surface area contributed by atoms with Crippen LogP contribution in [0.3, 0.4) is 0 Å². The minimum absolute atomic E-state index is 0.579. The van der Waals surface area contributed by atoms with Gasteiger partial charge in [-0.3, -0.25) is 0 Å². The summed E-state index contributed by atoms with van der Waals surface area (Å²) in [6, 6.07) is 50.1. The molecular formula is C32H20Ge2N4S4. The molecule has 0 atom stereocenters. The molecule has 0 saturated heterocycles. The summed E-state index contributed by atoms with van der Waals surface area (Å²) in [6.07, 6.45) is 0. The summed E-state index contributed by atoms with van der Waals surface area (Å²) in [4.78, 5) is 2.32. The predicted molar refractivity (Wildman–Crippen MR) is 183 cm³/mol. The van der Waals surface area contributed by atoms with Crippen molar-refractivity contribution in [2.45, 2.75) is 0 Å². The maximum absolute atomic E-state index is 9.33. The van der Waals surface area contributed by atoms with E-state index in [0.29, 0.717) is 19.6 Å². The summed E-state index contributed by atoms with van der Waals surface area (Å²) in [7, 11) is 0.852. The van der Waals surface area contributed by atoms with E-state index in [1.54, 1.807) is 40.3 Å². The molecule has 0 amide bonds. The second kappa shape index (κ2) is 13.9. The van der Waals surface area contributed by atoms with Crippen molar-refractivity contribution < 1.29 is 0 Å². The normalized spacial score (nSPS) is 16.3. The number of allylic oxidation sites excluding steroid dienone is 4. The second-order valence-electron chi connectivity index (χ2n) is 8.87. The van der Waals surface area contributed by atoms with Crippen molar-refractivity contribution in [3.05, 3.63) is 141 Å². The average Bonchev–Trinajstić information content (AvgIpc) is 3.67. The predicted octanol–water partition coefficient (Wildman–Crippen LogP) is 5.96. The van der Waals surface area contributed by atoms with Gasteiger partial charge >= 0.3 is 266 Å². The molecular weight excluding hydrogens is 714 g/mol. The van der Waals surface area contributed by atoms with Crippen molar-refractivity contribution in [3.8, 4) is 24.3 Å². The van der Waals surface area contributed by atoms with E-state index in [2.05, 4.69) is 72.8 Å². The Balaban J connectivity index is 0.000000168. The van der Waals surface area contributed by atoms with Gasteiger partial charge in [0.05, 0.1) is 0 Å². The number of benzene rings is 4. The molecule has 0 fully saturated rings. The SMILES string of the molecule is N#CC1=C(C#N)[S][Ge]([c]2ccccc2)([c]2ccccc2)[S]1.N#CC1=C(C#N)[S][Ge]([c]2ccccc2)([c]2ccccc2)[S]1. The first-order chi connectivity index (χ1) is 20.6. The molecule has 0 spiro atoms. The molecule has 0 N–H and O–H groups in total. The molecule has 0 radical (unpaired) electrons. The number of rotatable bonds is 4. The van der Waals surface area contributed by atoms with Crippen molar-refractivity contribution >= 4 is 79.9 Å². The zero-order valence-electron chi connectivity index (χ0n) is 22.0. The van der Waals surface area contributed by atoms with E-state index in [4.69, 9.17) is 0 Å². The van der Waals surface area contributed by atoms with Crippen molar-refractivity contribution in [2.75, 3.05) is 0 Å². The standard InChI is InChI=1S/2C16H10GeN2S2/c2*18-11-15-16(12-19)21-17(20-15,13-7-3-1-4-8-13)14-9-5-2-6-10-14/h2*1-10H. The summed E-state index contributed by atoms with van der Waals surface area (Å²) in [5.41, 5.74) is 0. The van der Waals surface area contributed by atoms with Gasteiger partial charge in [0.2, 0.25) is 0 Å². The fourth-order valence-electron chi connectivity index (χ4n) is 4.53. The molecule has 10 heteroatoms. The van der Waals surface area contributed by atoms with Crippen LogP contribution in [0.1, 0.15) is 0 Å². The molecule has 4 nitrogen and oxygen atoms in total. The molecule has 2 aliphatic heterocycles. The number of hydrogen-bond acceptors (Lipinski definition) is 8. The molecule has 4 aromatic rings. The van der Waals surface area contributed by atoms with E-state index in [-0.39, 0.29) is 0 Å². The number of nitrogens with zero attached hydrogens (tertiary/aromatic N) is 4. The Hall–Kier alpha value is -3.19. The Morgan fingerprint density at radius 2 is 0.524 bits per heavy atom. The van der Waals surface area contributed by atoms with Crippen LogP contribution in [0.5, 0.6) is 0 Å². The molecule has 0 aromatic heterocycles. The third kappa shape index (κ3) is 5.98. The van der Waals surface area contributed by atoms with E-state index in [1.165, 1.54) is 17.6 Å². The van der Waals surface area contributed by atoms with Crippen LogP contribution in [-0.2, 0) is 0 Å². The van der Waals surface area contributed by atoms with Crippen LogP contribution in [0.15, 0.2) is 141 Å². The van der Waals surface area contributed by atoms with Crippen molar-refractivity contribution in [1.29, 1.82) is 21.0 Å². The summed E-state index contributed by atoms with van der Waals surface area (Å²) < 4.78 is 5.10. The fourth-order valence-corrected chi connectivity index (χ4v) is 46.1. The van der Waals surface area contributed by atoms with Crippen LogP contribution in [-0.4, -0.2) is 22.0 Å². The molecule has 42 heavy (non-hydrogen) atoms. The fraction of sp³-hybridized carbons (Fsp3) is 0. The van der Waals surface area contributed by atoms with Crippen molar-refractivity contribution in [2.24, 2.45) is 0 Å². The first kappa shape index (κ1) is 30.3. The van der Waals surface area contributed by atoms with Gasteiger partial charge in [0.25, 0.3) is 0 Å². The molecule has 0 saturated carbocycles. The Morgan fingerprint density at radius 1 is 0.333 bits per heavy atom. The first-order valence-corrected chi connectivity index (χ1v) is 30.4. The minimum atomic E-state index is -2.86. The molecule has 0 unspecified atom stereocenters. The summed E-state index contributed by atoms with van der Waals surface area (Å²) >= 11 is 0. The molecule has 6 rings (SSSR count). The Morgan fingerprint density at radius 3 is 0.690 bits per heavy atom. The molecule has 2 heterocycles. The average molecular weight is 734 g/mol. The van der Waals surface area contributed by atoms with Crippen LogP contribution < -0.4 is 17.6 Å². The van der Waals surface area contributed by atoms with Crippen LogP contribution in [0.4, 0.5) is 0 Å². The monoisotopic (exact) mass is 736 g/mol. The molecule has 200 valence electrons. The molecule has 0 bridgehead atoms. The number of nitriles is 4. The molecule has 0 aliphatic carbocycles. The van der Waals surface area contributed by atoms with Gasteiger partial charge in [0, 0.05) is 0 Å². The van der Waals surface area contributed by atoms with E-state index >= 15 is 0 Å². The van der Waals surface area contributed by atoms with Crippen molar-refractivity contribution in [3.63, 3.8) is 0 Å². The molecule has 2 aliphatic rings. The van der Waals surface area contributed by atoms with Gasteiger partial charge in [-0.25, -0.2) is 0 Å². The third-order valence-electron chi connectivity index (χ3n) is 6.42. The van der Waals surface area contributed by atoms with E-state index in [0.717, 1.165) is 0 Å². The van der Waals surface area contributed by atoms with Crippen LogP contribution in [0.2, 0.25) is 0 Å². The van der Waals surface area contributed by atoms with Crippen molar-refractivity contribution in [1.82, 2.24) is 0 Å². The van der Waals surface area contributed by atoms with E-state index in [1.807, 2.05) is 72.8 Å². The first-order valence-electron chi connectivity index (χ1n) is 12.7. The summed E-state index contributed by atoms with van der Waals surface area (Å²) in [5.74, 6) is 0. The zero-order valence-corrected chi connectivity index (χ0v) is 29.4. The van der Waals surface area contributed by atoms with Gasteiger partial charge in [-0.15, -0.1) is 0 Å². The van der Waals surface area contributed by atoms with E-state index in [9.17, 15) is 21.0 Å². The van der Waals surface area contributed by atoms with Gasteiger partial charge in [-0.2, -0.15) is 0 Å². The summed E-state index contributed by atoms with van der Waals surface area (Å²) in [6.45, 7) is 0. The Kier molecular flexibility index (Phi) is 9.98. The Labute approximate surface area is 263 Å². The topological polar surface area (TPSA) is 95.2 Å². The maximum atomic E-state index is 9.33. The summed E-state index contributed by atoms with van der Waals surface area (Å²) in [5, 5.41) is 37.3. The number of hydrogen-bond donors (Lipinski definition) is 0.